The van der Waals surface area contributed by atoms with Gasteiger partial charge in [0.2, 0.25) is 5.91 Å². The number of nitrogens with zero attached hydrogens (tertiary/aromatic N) is 3. The van der Waals surface area contributed by atoms with Gasteiger partial charge in [-0.2, -0.15) is 0 Å². The monoisotopic (exact) mass is 369 g/mol. The molecule has 27 heavy (non-hydrogen) atoms. The molecule has 0 unspecified atom stereocenters. The number of likely N-dealkylation sites (tertiary alicyclic amines) is 1. The number of rotatable bonds is 4. The van der Waals surface area contributed by atoms with E-state index in [-0.39, 0.29) is 0 Å². The van der Waals surface area contributed by atoms with Gasteiger partial charge in [0.15, 0.2) is 0 Å². The molecule has 146 valence electrons. The largest absolute Gasteiger partial charge is 0.495 e. The van der Waals surface area contributed by atoms with Crippen molar-refractivity contribution < 1.29 is 9.53 Å². The number of carbonyl (C=O) groups is 1. The zero-order chi connectivity index (χ0) is 18.6. The van der Waals surface area contributed by atoms with Gasteiger partial charge in [-0.1, -0.05) is 18.2 Å². The van der Waals surface area contributed by atoms with Crippen molar-refractivity contribution in [3.05, 3.63) is 35.9 Å². The number of allylic oxidation sites excluding steroid dienone is 1. The summed E-state index contributed by atoms with van der Waals surface area (Å²) in [5.41, 5.74) is 2.24. The number of piperazine rings is 1. The first-order valence-electron chi connectivity index (χ1n) is 10.4. The fourth-order valence-corrected chi connectivity index (χ4v) is 4.72. The lowest BCUT2D eigenvalue weighted by molar-refractivity contribution is -0.129. The van der Waals surface area contributed by atoms with Gasteiger partial charge in [0.1, 0.15) is 5.75 Å². The van der Waals surface area contributed by atoms with Crippen molar-refractivity contribution >= 4 is 11.6 Å². The fourth-order valence-electron chi connectivity index (χ4n) is 4.72. The Labute approximate surface area is 162 Å². The Morgan fingerprint density at radius 1 is 1.07 bits per heavy atom. The summed E-state index contributed by atoms with van der Waals surface area (Å²) in [4.78, 5) is 19.9. The van der Waals surface area contributed by atoms with Crippen LogP contribution in [0.1, 0.15) is 32.1 Å². The second-order valence-electron chi connectivity index (χ2n) is 7.86. The van der Waals surface area contributed by atoms with E-state index < -0.39 is 0 Å². The van der Waals surface area contributed by atoms with E-state index >= 15 is 0 Å². The van der Waals surface area contributed by atoms with Crippen LogP contribution < -0.4 is 9.64 Å². The molecule has 2 aliphatic heterocycles. The molecule has 0 spiro atoms. The standard InChI is InChI=1S/C22H31N3O2/c1-27-21-11-5-4-10-20(21)24-15-13-23(14-16-24)19-9-6-12-25(17-19)22(26)18-7-2-3-8-18/h4-5,7,10-11,19H,2-3,6,8-9,12-17H2,1H3/t19-/m1/s1. The molecular formula is C22H31N3O2. The van der Waals surface area contributed by atoms with Crippen molar-refractivity contribution in [2.75, 3.05) is 51.3 Å². The van der Waals surface area contributed by atoms with Crippen molar-refractivity contribution in [2.24, 2.45) is 0 Å². The van der Waals surface area contributed by atoms with E-state index in [1.165, 1.54) is 12.1 Å². The summed E-state index contributed by atoms with van der Waals surface area (Å²) >= 11 is 0. The van der Waals surface area contributed by atoms with Crippen molar-refractivity contribution in [1.82, 2.24) is 9.80 Å². The molecule has 1 aliphatic carbocycles. The van der Waals surface area contributed by atoms with Gasteiger partial charge in [0.05, 0.1) is 12.8 Å². The Morgan fingerprint density at radius 3 is 2.63 bits per heavy atom. The minimum atomic E-state index is 0.296. The molecule has 0 bridgehead atoms. The predicted octanol–water partition coefficient (Wildman–Crippen LogP) is 2.92. The van der Waals surface area contributed by atoms with Crippen LogP contribution in [0.3, 0.4) is 0 Å². The third kappa shape index (κ3) is 3.98. The number of hydrogen-bond acceptors (Lipinski definition) is 4. The maximum absolute atomic E-state index is 12.8. The summed E-state index contributed by atoms with van der Waals surface area (Å²) in [6.45, 7) is 5.94. The lowest BCUT2D eigenvalue weighted by Gasteiger charge is -2.44. The molecule has 1 atom stereocenters. The van der Waals surface area contributed by atoms with E-state index in [0.717, 1.165) is 76.3 Å². The molecule has 0 N–H and O–H groups in total. The SMILES string of the molecule is COc1ccccc1N1CCN([C@@H]2CCCN(C(=O)C3=CCCC3)C2)CC1. The summed E-state index contributed by atoms with van der Waals surface area (Å²) < 4.78 is 5.53. The first kappa shape index (κ1) is 18.4. The van der Waals surface area contributed by atoms with Crippen LogP contribution in [0.2, 0.25) is 0 Å². The molecule has 4 rings (SSSR count). The molecule has 2 fully saturated rings. The van der Waals surface area contributed by atoms with Crippen LogP contribution in [0.4, 0.5) is 5.69 Å². The van der Waals surface area contributed by atoms with Crippen LogP contribution in [-0.4, -0.2) is 68.1 Å². The Balaban J connectivity index is 1.34. The highest BCUT2D eigenvalue weighted by molar-refractivity contribution is 5.93. The fraction of sp³-hybridized carbons (Fsp3) is 0.591. The number of anilines is 1. The van der Waals surface area contributed by atoms with E-state index in [0.29, 0.717) is 11.9 Å². The Hall–Kier alpha value is -2.01. The van der Waals surface area contributed by atoms with Crippen LogP contribution in [0, 0.1) is 0 Å². The number of ether oxygens (including phenoxy) is 1. The Kier molecular flexibility index (Phi) is 5.67. The van der Waals surface area contributed by atoms with Gasteiger partial charge in [-0.25, -0.2) is 0 Å². The maximum atomic E-state index is 12.8. The summed E-state index contributed by atoms with van der Waals surface area (Å²) in [6.07, 6.45) is 7.66. The van der Waals surface area contributed by atoms with Gasteiger partial charge in [-0.15, -0.1) is 0 Å². The number of carbonyl (C=O) groups excluding carboxylic acids is 1. The molecule has 0 aromatic heterocycles. The first-order chi connectivity index (χ1) is 13.3. The third-order valence-corrected chi connectivity index (χ3v) is 6.26. The summed E-state index contributed by atoms with van der Waals surface area (Å²) in [7, 11) is 1.74. The smallest absolute Gasteiger partial charge is 0.249 e. The van der Waals surface area contributed by atoms with Gasteiger partial charge >= 0.3 is 0 Å². The molecule has 0 radical (unpaired) electrons. The molecule has 5 heteroatoms. The quantitative estimate of drug-likeness (QED) is 0.818. The number of methoxy groups -OCH3 is 1. The van der Waals surface area contributed by atoms with Crippen LogP contribution >= 0.6 is 0 Å². The lowest BCUT2D eigenvalue weighted by Crippen LogP contribution is -2.56. The molecule has 1 amide bonds. The topological polar surface area (TPSA) is 36.0 Å². The minimum Gasteiger partial charge on any atom is -0.495 e. The third-order valence-electron chi connectivity index (χ3n) is 6.26. The number of hydrogen-bond donors (Lipinski definition) is 0. The highest BCUT2D eigenvalue weighted by Crippen LogP contribution is 2.29. The number of amides is 1. The van der Waals surface area contributed by atoms with E-state index in [1.807, 2.05) is 12.1 Å². The molecule has 1 aromatic rings. The number of para-hydroxylation sites is 2. The molecule has 0 saturated carbocycles. The predicted molar refractivity (Wildman–Crippen MR) is 108 cm³/mol. The normalized spacial score (nSPS) is 24.0. The van der Waals surface area contributed by atoms with Crippen LogP contribution in [-0.2, 0) is 4.79 Å². The lowest BCUT2D eigenvalue weighted by atomic mass is 10.0. The summed E-state index contributed by atoms with van der Waals surface area (Å²) in [5, 5.41) is 0. The Bertz CT molecular complexity index is 695. The Morgan fingerprint density at radius 2 is 1.89 bits per heavy atom. The minimum absolute atomic E-state index is 0.296. The van der Waals surface area contributed by atoms with Crippen molar-refractivity contribution in [1.29, 1.82) is 0 Å². The van der Waals surface area contributed by atoms with Gasteiger partial charge in [0, 0.05) is 50.9 Å². The number of benzene rings is 1. The molecule has 3 aliphatic rings. The summed E-state index contributed by atoms with van der Waals surface area (Å²) in [6, 6.07) is 8.78. The van der Waals surface area contributed by atoms with E-state index in [1.54, 1.807) is 7.11 Å². The van der Waals surface area contributed by atoms with Gasteiger partial charge in [-0.3, -0.25) is 9.69 Å². The van der Waals surface area contributed by atoms with E-state index in [2.05, 4.69) is 32.9 Å². The van der Waals surface area contributed by atoms with E-state index in [4.69, 9.17) is 4.74 Å². The van der Waals surface area contributed by atoms with Crippen molar-refractivity contribution in [3.63, 3.8) is 0 Å². The molecule has 2 heterocycles. The second kappa shape index (κ2) is 8.34. The van der Waals surface area contributed by atoms with E-state index in [9.17, 15) is 4.79 Å². The molecule has 1 aromatic carbocycles. The maximum Gasteiger partial charge on any atom is 0.249 e. The van der Waals surface area contributed by atoms with Gasteiger partial charge in [-0.05, 0) is 44.2 Å². The van der Waals surface area contributed by atoms with Crippen molar-refractivity contribution in [2.45, 2.75) is 38.1 Å². The highest BCUT2D eigenvalue weighted by Gasteiger charge is 2.31. The van der Waals surface area contributed by atoms with Crippen LogP contribution in [0.25, 0.3) is 0 Å². The zero-order valence-corrected chi connectivity index (χ0v) is 16.4. The van der Waals surface area contributed by atoms with Gasteiger partial charge in [0.25, 0.3) is 0 Å². The van der Waals surface area contributed by atoms with Crippen LogP contribution in [0.15, 0.2) is 35.9 Å². The average molecular weight is 370 g/mol. The van der Waals surface area contributed by atoms with Gasteiger partial charge < -0.3 is 14.5 Å². The number of piperidine rings is 1. The second-order valence-corrected chi connectivity index (χ2v) is 7.86. The highest BCUT2D eigenvalue weighted by atomic mass is 16.5. The summed E-state index contributed by atoms with van der Waals surface area (Å²) in [5.74, 6) is 1.25. The molecular weight excluding hydrogens is 338 g/mol. The molecule has 2 saturated heterocycles. The average Bonchev–Trinajstić information content (AvgIpc) is 3.28. The zero-order valence-electron chi connectivity index (χ0n) is 16.4. The molecule has 5 nitrogen and oxygen atoms in total. The van der Waals surface area contributed by atoms with Crippen LogP contribution in [0.5, 0.6) is 5.75 Å². The van der Waals surface area contributed by atoms with Crippen molar-refractivity contribution in [3.8, 4) is 5.75 Å². The first-order valence-corrected chi connectivity index (χ1v) is 10.4.